The van der Waals surface area contributed by atoms with E-state index in [2.05, 4.69) is 10.3 Å². The molecule has 13 heteroatoms. The third-order valence-corrected chi connectivity index (χ3v) is 5.84. The van der Waals surface area contributed by atoms with E-state index in [9.17, 15) is 35.1 Å². The summed E-state index contributed by atoms with van der Waals surface area (Å²) in [5, 5.41) is 10.1. The molecule has 2 heterocycles. The summed E-state index contributed by atoms with van der Waals surface area (Å²) in [7, 11) is 1.00. The summed E-state index contributed by atoms with van der Waals surface area (Å²) in [4.78, 5) is 4.16. The molecule has 1 saturated heterocycles. The summed E-state index contributed by atoms with van der Waals surface area (Å²) in [6.45, 7) is 3.78. The van der Waals surface area contributed by atoms with Crippen LogP contribution < -0.4 is 34.9 Å². The number of aliphatic hydroxyl groups excluding tert-OH is 1. The molecule has 0 amide bonds. The fourth-order valence-corrected chi connectivity index (χ4v) is 4.20. The minimum absolute atomic E-state index is 0. The van der Waals surface area contributed by atoms with Gasteiger partial charge in [-0.25, -0.2) is 8.78 Å². The third kappa shape index (κ3) is 9.93. The van der Waals surface area contributed by atoms with E-state index in [0.717, 1.165) is 38.2 Å². The fourth-order valence-electron chi connectivity index (χ4n) is 4.20. The smallest absolute Gasteiger partial charge is 1.00 e. The summed E-state index contributed by atoms with van der Waals surface area (Å²) in [6, 6.07) is 5.51. The van der Waals surface area contributed by atoms with Gasteiger partial charge in [-0.05, 0) is 75.4 Å². The van der Waals surface area contributed by atoms with E-state index in [1.165, 1.54) is 6.07 Å². The molecule has 1 unspecified atom stereocenters. The molecule has 1 fully saturated rings. The zero-order valence-corrected chi connectivity index (χ0v) is 23.5. The largest absolute Gasteiger partial charge is 1.00 e. The molecule has 3 atom stereocenters. The van der Waals surface area contributed by atoms with Crippen LogP contribution in [0.5, 0.6) is 0 Å². The average molecular weight is 559 g/mol. The Morgan fingerprint density at radius 1 is 0.842 bits per heavy atom. The van der Waals surface area contributed by atoms with Crippen molar-refractivity contribution in [3.8, 4) is 0 Å². The number of hydrogen-bond donors (Lipinski definition) is 2. The van der Waals surface area contributed by atoms with E-state index in [1.807, 2.05) is 13.8 Å². The van der Waals surface area contributed by atoms with Crippen LogP contribution in [0, 0.1) is 11.6 Å². The Balaban J connectivity index is 0. The van der Waals surface area contributed by atoms with Gasteiger partial charge in [-0.1, -0.05) is 6.07 Å². The van der Waals surface area contributed by atoms with E-state index in [-0.39, 0.29) is 68.6 Å². The van der Waals surface area contributed by atoms with Gasteiger partial charge in [0.1, 0.15) is 11.6 Å². The maximum Gasteiger partial charge on any atom is 1.00 e. The standard InChI is InChI=1S/C12H13F4N.C12H11F4N.CH4O.B.Na.H/c2*1-7-2-5-11(17-7)9-4-3-8(13)6-10(9)12(14,15)16;1-2;;;/h3-4,6-7,11,17H,2,5H2,1H3;3-4,6-7H,2,5H2,1H3;2H,1H3;;;/q;;;;+1;-1/t7-,11?;7-;;;;/m11..../s1. The van der Waals surface area contributed by atoms with Crippen LogP contribution in [-0.2, 0) is 12.4 Å². The van der Waals surface area contributed by atoms with Gasteiger partial charge in [-0.2, -0.15) is 26.3 Å². The minimum Gasteiger partial charge on any atom is -1.00 e. The first-order chi connectivity index (χ1) is 16.8. The number of nitrogens with zero attached hydrogens (tertiary/aromatic N) is 1. The SMILES string of the molecule is CO.C[C@@H]1CCC(c2ccc(F)cc2C(F)(F)F)=N1.C[C@@H]1CCC(c2ccc(F)cc2C(F)(F)F)N1.[B].[H-].[Na+]. The Labute approximate surface area is 242 Å². The summed E-state index contributed by atoms with van der Waals surface area (Å²) in [6.07, 6.45) is -6.33. The van der Waals surface area contributed by atoms with Gasteiger partial charge < -0.3 is 11.8 Å². The van der Waals surface area contributed by atoms with E-state index >= 15 is 0 Å². The van der Waals surface area contributed by atoms with Crippen molar-refractivity contribution < 1.29 is 71.2 Å². The Bertz CT molecular complexity index is 1070. The zero-order chi connectivity index (χ0) is 27.3. The predicted octanol–water partition coefficient (Wildman–Crippen LogP) is 3.82. The molecular formula is C25H29BF8N2NaO. The van der Waals surface area contributed by atoms with Crippen molar-refractivity contribution in [1.29, 1.82) is 0 Å². The van der Waals surface area contributed by atoms with Crippen LogP contribution in [0.2, 0.25) is 0 Å². The molecular weight excluding hydrogens is 530 g/mol. The van der Waals surface area contributed by atoms with E-state index in [0.29, 0.717) is 30.7 Å². The second kappa shape index (κ2) is 15.4. The topological polar surface area (TPSA) is 44.6 Å². The predicted molar refractivity (Wildman–Crippen MR) is 128 cm³/mol. The van der Waals surface area contributed by atoms with Crippen molar-refractivity contribution in [1.82, 2.24) is 5.32 Å². The second-order valence-electron chi connectivity index (χ2n) is 8.58. The third-order valence-electron chi connectivity index (χ3n) is 5.84. The number of alkyl halides is 6. The van der Waals surface area contributed by atoms with Crippen LogP contribution in [0.4, 0.5) is 35.1 Å². The molecule has 38 heavy (non-hydrogen) atoms. The number of hydrogen-bond acceptors (Lipinski definition) is 3. The molecule has 0 aliphatic carbocycles. The summed E-state index contributed by atoms with van der Waals surface area (Å²) < 4.78 is 102. The first kappa shape index (κ1) is 36.5. The molecule has 0 spiro atoms. The number of aliphatic hydroxyl groups is 1. The number of halogens is 8. The molecule has 2 aliphatic rings. The fraction of sp³-hybridized carbons (Fsp3) is 0.480. The van der Waals surface area contributed by atoms with Crippen molar-refractivity contribution >= 4 is 14.1 Å². The molecule has 4 rings (SSSR count). The van der Waals surface area contributed by atoms with Crippen molar-refractivity contribution in [3.63, 3.8) is 0 Å². The van der Waals surface area contributed by atoms with Gasteiger partial charge in [0.25, 0.3) is 0 Å². The van der Waals surface area contributed by atoms with Crippen LogP contribution >= 0.6 is 0 Å². The normalized spacial score (nSPS) is 20.6. The van der Waals surface area contributed by atoms with Crippen LogP contribution in [0.15, 0.2) is 41.4 Å². The van der Waals surface area contributed by atoms with E-state index in [1.54, 1.807) is 0 Å². The molecule has 0 saturated carbocycles. The Morgan fingerprint density at radius 3 is 1.82 bits per heavy atom. The van der Waals surface area contributed by atoms with Gasteiger partial charge in [0.2, 0.25) is 0 Å². The summed E-state index contributed by atoms with van der Waals surface area (Å²) in [5.74, 6) is -1.74. The Morgan fingerprint density at radius 2 is 1.37 bits per heavy atom. The Kier molecular flexibility index (Phi) is 14.8. The van der Waals surface area contributed by atoms with Crippen LogP contribution in [0.1, 0.15) is 69.3 Å². The van der Waals surface area contributed by atoms with Gasteiger partial charge in [-0.3, -0.25) is 4.99 Å². The van der Waals surface area contributed by atoms with Crippen LogP contribution in [0.3, 0.4) is 0 Å². The van der Waals surface area contributed by atoms with Gasteiger partial charge in [0.05, 0.1) is 11.1 Å². The van der Waals surface area contributed by atoms with Gasteiger partial charge >= 0.3 is 41.9 Å². The maximum atomic E-state index is 12.9. The molecule has 2 aromatic rings. The van der Waals surface area contributed by atoms with Gasteiger partial charge in [-0.15, -0.1) is 0 Å². The number of benzene rings is 2. The number of nitrogens with one attached hydrogen (secondary N) is 1. The number of rotatable bonds is 2. The van der Waals surface area contributed by atoms with Gasteiger partial charge in [0, 0.05) is 44.9 Å². The van der Waals surface area contributed by atoms with Gasteiger partial charge in [0.15, 0.2) is 0 Å². The second-order valence-corrected chi connectivity index (χ2v) is 8.58. The van der Waals surface area contributed by atoms with E-state index < -0.39 is 35.1 Å². The summed E-state index contributed by atoms with van der Waals surface area (Å²) in [5.41, 5.74) is -1.24. The number of aliphatic imine (C=N–C) groups is 1. The molecule has 3 nitrogen and oxygen atoms in total. The molecule has 3 radical (unpaired) electrons. The van der Waals surface area contributed by atoms with Crippen molar-refractivity contribution in [2.75, 3.05) is 7.11 Å². The van der Waals surface area contributed by atoms with E-state index in [4.69, 9.17) is 5.11 Å². The molecule has 0 aromatic heterocycles. The van der Waals surface area contributed by atoms with Crippen molar-refractivity contribution in [3.05, 3.63) is 70.3 Å². The van der Waals surface area contributed by atoms with Crippen molar-refractivity contribution in [2.45, 2.75) is 70.0 Å². The minimum atomic E-state index is -4.55. The molecule has 0 bridgehead atoms. The molecule has 2 aliphatic heterocycles. The first-order valence-electron chi connectivity index (χ1n) is 11.3. The molecule has 205 valence electrons. The van der Waals surface area contributed by atoms with Crippen LogP contribution in [-0.4, -0.2) is 38.4 Å². The van der Waals surface area contributed by atoms with Crippen LogP contribution in [0.25, 0.3) is 0 Å². The molecule has 2 N–H and O–H groups in total. The first-order valence-corrected chi connectivity index (χ1v) is 11.3. The van der Waals surface area contributed by atoms with Crippen molar-refractivity contribution in [2.24, 2.45) is 4.99 Å². The zero-order valence-electron chi connectivity index (χ0n) is 22.5. The Hall–Kier alpha value is -1.47. The molecule has 2 aromatic carbocycles. The maximum absolute atomic E-state index is 12.9. The summed E-state index contributed by atoms with van der Waals surface area (Å²) >= 11 is 0. The monoisotopic (exact) mass is 559 g/mol. The average Bonchev–Trinajstić information content (AvgIpc) is 3.42. The quantitative estimate of drug-likeness (QED) is 0.435.